The fraction of sp³-hybridized carbons (Fsp3) is 0.174. The number of sulfonamides is 2. The van der Waals surface area contributed by atoms with Crippen molar-refractivity contribution in [3.63, 3.8) is 0 Å². The van der Waals surface area contributed by atoms with Crippen LogP contribution in [0, 0.1) is 0 Å². The van der Waals surface area contributed by atoms with Crippen LogP contribution in [0.1, 0.15) is 5.56 Å². The number of nitrogens with one attached hydrogen (secondary N) is 2. The largest absolute Gasteiger partial charge is 0.484 e. The van der Waals surface area contributed by atoms with Crippen molar-refractivity contribution >= 4 is 48.9 Å². The van der Waals surface area contributed by atoms with Gasteiger partial charge < -0.3 is 10.1 Å². The lowest BCUT2D eigenvalue weighted by Gasteiger charge is -2.14. The van der Waals surface area contributed by atoms with E-state index in [9.17, 15) is 21.6 Å². The van der Waals surface area contributed by atoms with Gasteiger partial charge in [0.15, 0.2) is 6.61 Å². The van der Waals surface area contributed by atoms with Crippen LogP contribution in [0.5, 0.6) is 5.75 Å². The quantitative estimate of drug-likeness (QED) is 0.408. The van der Waals surface area contributed by atoms with E-state index in [1.165, 1.54) is 35.6 Å². The van der Waals surface area contributed by atoms with Gasteiger partial charge in [-0.1, -0.05) is 23.7 Å². The average Bonchev–Trinajstić information content (AvgIpc) is 2.80. The molecule has 0 aromatic heterocycles. The highest BCUT2D eigenvalue weighted by atomic mass is 35.5. The third-order valence-electron chi connectivity index (χ3n) is 4.81. The van der Waals surface area contributed by atoms with Crippen molar-refractivity contribution in [2.75, 3.05) is 29.9 Å². The molecule has 0 saturated carbocycles. The summed E-state index contributed by atoms with van der Waals surface area (Å²) in [5.41, 5.74) is 1.55. The molecule has 1 amide bonds. The number of halogens is 1. The highest BCUT2D eigenvalue weighted by Gasteiger charge is 2.15. The molecular formula is C23H24ClN3O6S2. The minimum atomic E-state index is -3.80. The summed E-state index contributed by atoms with van der Waals surface area (Å²) >= 11 is 5.81. The third kappa shape index (κ3) is 7.96. The second-order valence-corrected chi connectivity index (χ2v) is 11.8. The zero-order chi connectivity index (χ0) is 25.6. The highest BCUT2D eigenvalue weighted by molar-refractivity contribution is 7.92. The molecule has 3 aromatic carbocycles. The van der Waals surface area contributed by atoms with Gasteiger partial charge in [0.1, 0.15) is 5.75 Å². The Balaban J connectivity index is 1.52. The first kappa shape index (κ1) is 26.5. The maximum atomic E-state index is 12.5. The van der Waals surface area contributed by atoms with E-state index < -0.39 is 26.0 Å². The fourth-order valence-corrected chi connectivity index (χ4v) is 4.43. The topological polar surface area (TPSA) is 122 Å². The molecule has 0 atom stereocenters. The highest BCUT2D eigenvalue weighted by Crippen LogP contribution is 2.20. The number of benzene rings is 3. The van der Waals surface area contributed by atoms with E-state index in [-0.39, 0.29) is 18.0 Å². The van der Waals surface area contributed by atoms with Gasteiger partial charge in [0.2, 0.25) is 10.0 Å². The first-order valence-corrected chi connectivity index (χ1v) is 13.9. The van der Waals surface area contributed by atoms with Crippen molar-refractivity contribution in [1.29, 1.82) is 0 Å². The fourth-order valence-electron chi connectivity index (χ4n) is 2.86. The van der Waals surface area contributed by atoms with Gasteiger partial charge in [-0.3, -0.25) is 9.52 Å². The molecule has 0 fully saturated rings. The summed E-state index contributed by atoms with van der Waals surface area (Å²) in [5, 5.41) is 3.13. The van der Waals surface area contributed by atoms with Gasteiger partial charge in [-0.25, -0.2) is 21.1 Å². The summed E-state index contributed by atoms with van der Waals surface area (Å²) in [6.45, 7) is -0.0404. The molecule has 35 heavy (non-hydrogen) atoms. The number of nitrogens with zero attached hydrogens (tertiary/aromatic N) is 1. The summed E-state index contributed by atoms with van der Waals surface area (Å²) in [6, 6.07) is 18.7. The van der Waals surface area contributed by atoms with E-state index in [4.69, 9.17) is 16.3 Å². The maximum absolute atomic E-state index is 12.5. The molecule has 3 rings (SSSR count). The smallest absolute Gasteiger partial charge is 0.262 e. The number of carbonyl (C=O) groups excluding carboxylic acids is 1. The first-order valence-electron chi connectivity index (χ1n) is 10.2. The average molecular weight is 538 g/mol. The van der Waals surface area contributed by atoms with E-state index in [1.807, 2.05) is 0 Å². The van der Waals surface area contributed by atoms with E-state index in [0.29, 0.717) is 22.1 Å². The molecule has 0 aliphatic rings. The van der Waals surface area contributed by atoms with Crippen LogP contribution in [-0.2, 0) is 31.4 Å². The number of anilines is 2. The molecular weight excluding hydrogens is 514 g/mol. The van der Waals surface area contributed by atoms with Crippen LogP contribution in [0.25, 0.3) is 0 Å². The van der Waals surface area contributed by atoms with Gasteiger partial charge in [-0.15, -0.1) is 0 Å². The molecule has 186 valence electrons. The van der Waals surface area contributed by atoms with Gasteiger partial charge in [-0.2, -0.15) is 0 Å². The molecule has 0 heterocycles. The Bertz CT molecular complexity index is 1380. The molecule has 3 aromatic rings. The normalized spacial score (nSPS) is 11.8. The van der Waals surface area contributed by atoms with Crippen molar-refractivity contribution in [2.45, 2.75) is 11.4 Å². The lowest BCUT2D eigenvalue weighted by molar-refractivity contribution is -0.118. The Labute approximate surface area is 209 Å². The second-order valence-electron chi connectivity index (χ2n) is 7.64. The summed E-state index contributed by atoms with van der Waals surface area (Å²) in [6.07, 6.45) is 1.13. The number of hydrogen-bond donors (Lipinski definition) is 2. The third-order valence-corrected chi connectivity index (χ3v) is 7.72. The Morgan fingerprint density at radius 1 is 0.886 bits per heavy atom. The monoisotopic (exact) mass is 537 g/mol. The van der Waals surface area contributed by atoms with Crippen molar-refractivity contribution in [3.8, 4) is 5.75 Å². The van der Waals surface area contributed by atoms with Crippen LogP contribution < -0.4 is 14.8 Å². The van der Waals surface area contributed by atoms with Gasteiger partial charge >= 0.3 is 0 Å². The van der Waals surface area contributed by atoms with Crippen molar-refractivity contribution in [1.82, 2.24) is 4.31 Å². The molecule has 12 heteroatoms. The predicted octanol–water partition coefficient (Wildman–Crippen LogP) is 3.55. The minimum Gasteiger partial charge on any atom is -0.484 e. The lowest BCUT2D eigenvalue weighted by atomic mass is 10.2. The molecule has 9 nitrogen and oxygen atoms in total. The molecule has 0 bridgehead atoms. The van der Waals surface area contributed by atoms with Crippen LogP contribution in [0.15, 0.2) is 77.7 Å². The summed E-state index contributed by atoms with van der Waals surface area (Å²) in [7, 11) is -5.60. The number of amides is 1. The van der Waals surface area contributed by atoms with Gasteiger partial charge in [0.05, 0.1) is 11.2 Å². The number of ether oxygens (including phenoxy) is 1. The first-order chi connectivity index (χ1) is 16.4. The summed E-state index contributed by atoms with van der Waals surface area (Å²) < 4.78 is 57.2. The standard InChI is InChI=1S/C23H24ClN3O6S2/c1-27(34(2,29)30)15-17-3-11-21(12-4-17)33-16-23(28)25-19-9-13-22(14-10-19)35(31,32)26-20-7-5-18(24)6-8-20/h3-14,26H,15-16H2,1-2H3,(H,25,28). The van der Waals surface area contributed by atoms with Gasteiger partial charge in [0.25, 0.3) is 15.9 Å². The van der Waals surface area contributed by atoms with Crippen LogP contribution in [-0.4, -0.2) is 47.0 Å². The van der Waals surface area contributed by atoms with Crippen LogP contribution in [0.2, 0.25) is 5.02 Å². The number of rotatable bonds is 10. The van der Waals surface area contributed by atoms with Gasteiger partial charge in [0, 0.05) is 30.0 Å². The van der Waals surface area contributed by atoms with E-state index in [2.05, 4.69) is 10.0 Å². The second kappa shape index (κ2) is 11.1. The van der Waals surface area contributed by atoms with Crippen LogP contribution >= 0.6 is 11.6 Å². The van der Waals surface area contributed by atoms with E-state index >= 15 is 0 Å². The SMILES string of the molecule is CN(Cc1ccc(OCC(=O)Nc2ccc(S(=O)(=O)Nc3ccc(Cl)cc3)cc2)cc1)S(C)(=O)=O. The Hall–Kier alpha value is -3.12. The molecule has 0 aliphatic heterocycles. The molecule has 0 spiro atoms. The molecule has 0 radical (unpaired) electrons. The molecule has 0 unspecified atom stereocenters. The van der Waals surface area contributed by atoms with Crippen molar-refractivity contribution in [3.05, 3.63) is 83.4 Å². The van der Waals surface area contributed by atoms with E-state index in [0.717, 1.165) is 11.8 Å². The number of carbonyl (C=O) groups is 1. The van der Waals surface area contributed by atoms with Crippen molar-refractivity contribution in [2.24, 2.45) is 0 Å². The Morgan fingerprint density at radius 2 is 1.46 bits per heavy atom. The summed E-state index contributed by atoms with van der Waals surface area (Å²) in [4.78, 5) is 12.2. The maximum Gasteiger partial charge on any atom is 0.262 e. The predicted molar refractivity (Wildman–Crippen MR) is 136 cm³/mol. The zero-order valence-corrected chi connectivity index (χ0v) is 21.3. The van der Waals surface area contributed by atoms with Crippen LogP contribution in [0.4, 0.5) is 11.4 Å². The van der Waals surface area contributed by atoms with Gasteiger partial charge in [-0.05, 0) is 66.2 Å². The Morgan fingerprint density at radius 3 is 2.03 bits per heavy atom. The zero-order valence-electron chi connectivity index (χ0n) is 18.9. The summed E-state index contributed by atoms with van der Waals surface area (Å²) in [5.74, 6) is 0.0152. The minimum absolute atomic E-state index is 0.0308. The number of hydrogen-bond acceptors (Lipinski definition) is 6. The van der Waals surface area contributed by atoms with E-state index in [1.54, 1.807) is 48.5 Å². The lowest BCUT2D eigenvalue weighted by Crippen LogP contribution is -2.24. The van der Waals surface area contributed by atoms with Crippen molar-refractivity contribution < 1.29 is 26.4 Å². The molecule has 0 saturated heterocycles. The molecule has 2 N–H and O–H groups in total. The van der Waals surface area contributed by atoms with Crippen LogP contribution in [0.3, 0.4) is 0 Å². The molecule has 0 aliphatic carbocycles. The Kier molecular flexibility index (Phi) is 8.39.